The maximum absolute atomic E-state index is 13.8. The molecule has 0 amide bonds. The van der Waals surface area contributed by atoms with Crippen LogP contribution in [0.25, 0.3) is 11.1 Å². The van der Waals surface area contributed by atoms with Gasteiger partial charge in [-0.1, -0.05) is 24.3 Å². The molecule has 0 fully saturated rings. The smallest absolute Gasteiger partial charge is 0.460 e. The fourth-order valence-corrected chi connectivity index (χ4v) is 2.85. The van der Waals surface area contributed by atoms with Crippen molar-refractivity contribution in [3.05, 3.63) is 48.5 Å². The largest absolute Gasteiger partial charge is 0.492 e. The van der Waals surface area contributed by atoms with Crippen LogP contribution in [0.2, 0.25) is 0 Å². The average Bonchev–Trinajstić information content (AvgIpc) is 2.84. The van der Waals surface area contributed by atoms with Crippen LogP contribution in [0.1, 0.15) is 6.92 Å². The Bertz CT molecular complexity index is 1200. The lowest BCUT2D eigenvalue weighted by Gasteiger charge is -2.36. The second-order valence-corrected chi connectivity index (χ2v) is 9.21. The molecule has 2 aromatic carbocycles. The van der Waals surface area contributed by atoms with Gasteiger partial charge in [0.25, 0.3) is 0 Å². The summed E-state index contributed by atoms with van der Waals surface area (Å²) in [5.74, 6) is -15.8. The van der Waals surface area contributed by atoms with E-state index in [1.807, 2.05) is 0 Å². The third-order valence-electron chi connectivity index (χ3n) is 4.92. The van der Waals surface area contributed by atoms with Gasteiger partial charge >= 0.3 is 42.5 Å². The lowest BCUT2D eigenvalue weighted by atomic mass is 10.1. The minimum Gasteiger partial charge on any atom is -0.492 e. The molecule has 0 spiro atoms. The first-order valence-corrected chi connectivity index (χ1v) is 11.5. The molecular weight excluding hydrogens is 661 g/mol. The second kappa shape index (κ2) is 12.3. The average molecular weight is 677 g/mol. The molecule has 0 heterocycles. The van der Waals surface area contributed by atoms with Gasteiger partial charge in [0, 0.05) is 0 Å². The molecule has 0 aliphatic rings. The van der Waals surface area contributed by atoms with Crippen LogP contribution in [0.5, 0.6) is 11.5 Å². The minimum atomic E-state index is -7.92. The normalized spacial score (nSPS) is 14.9. The number of halogens is 16. The van der Waals surface area contributed by atoms with E-state index in [9.17, 15) is 65.9 Å². The van der Waals surface area contributed by atoms with E-state index in [1.54, 1.807) is 35.9 Å². The van der Waals surface area contributed by atoms with Gasteiger partial charge in [0.2, 0.25) is 0 Å². The maximum atomic E-state index is 13.8. The molecule has 0 saturated carbocycles. The third-order valence-corrected chi connectivity index (χ3v) is 5.04. The van der Waals surface area contributed by atoms with Crippen LogP contribution in [-0.2, 0) is 9.47 Å². The summed E-state index contributed by atoms with van der Waals surface area (Å²) >= 11 is 5.76. The monoisotopic (exact) mass is 676 g/mol. The molecule has 4 nitrogen and oxygen atoms in total. The van der Waals surface area contributed by atoms with E-state index in [-0.39, 0.29) is 12.0 Å². The van der Waals surface area contributed by atoms with Crippen molar-refractivity contribution in [2.75, 3.05) is 13.2 Å². The summed E-state index contributed by atoms with van der Waals surface area (Å²) in [4.78, 5) is 0. The Balaban J connectivity index is 2.08. The van der Waals surface area contributed by atoms with Gasteiger partial charge in [-0.15, -0.1) is 11.6 Å². The van der Waals surface area contributed by atoms with Crippen molar-refractivity contribution in [1.82, 2.24) is 0 Å². The van der Waals surface area contributed by atoms with Crippen LogP contribution >= 0.6 is 11.6 Å². The fraction of sp³-hybridized carbons (Fsp3) is 0.478. The Kier molecular flexibility index (Phi) is 10.4. The highest BCUT2D eigenvalue weighted by Crippen LogP contribution is 2.56. The summed E-state index contributed by atoms with van der Waals surface area (Å²) < 4.78 is 210. The van der Waals surface area contributed by atoms with Gasteiger partial charge < -0.3 is 9.47 Å². The zero-order valence-electron chi connectivity index (χ0n) is 20.8. The van der Waals surface area contributed by atoms with E-state index in [1.165, 1.54) is 12.1 Å². The summed E-state index contributed by atoms with van der Waals surface area (Å²) in [5, 5.41) is -0.272. The first-order chi connectivity index (χ1) is 19.2. The molecule has 244 valence electrons. The molecular formula is C23H16ClF15O4. The Morgan fingerprint density at radius 1 is 0.558 bits per heavy atom. The summed E-state index contributed by atoms with van der Waals surface area (Å²) in [7, 11) is 0. The Labute approximate surface area is 236 Å². The van der Waals surface area contributed by atoms with E-state index in [2.05, 4.69) is 9.47 Å². The SMILES string of the molecule is C[C@H](Cl)COc1ccc(-c2ccc(OCC(F)(F)OC(F)(F)C(F)(F)OC(F)(F)C(F)(F)C(F)(F)C(F)(F)F)cc2)cc1. The molecule has 0 radical (unpaired) electrons. The highest BCUT2D eigenvalue weighted by Gasteiger charge is 2.85. The number of benzene rings is 2. The highest BCUT2D eigenvalue weighted by molar-refractivity contribution is 6.20. The van der Waals surface area contributed by atoms with E-state index in [0.717, 1.165) is 12.1 Å². The van der Waals surface area contributed by atoms with Gasteiger partial charge in [0.1, 0.15) is 18.1 Å². The predicted molar refractivity (Wildman–Crippen MR) is 116 cm³/mol. The number of hydrogen-bond acceptors (Lipinski definition) is 4. The molecule has 1 atom stereocenters. The standard InChI is InChI=1S/C23H16ClF15O4/c1-12(24)10-40-15-6-2-13(3-7-15)14-4-8-16(9-5-14)41-11-17(25,26)42-22(36,37)23(38,39)43-21(34,35)19(29,30)18(27,28)20(31,32)33/h2-9,12H,10-11H2,1H3/t12-/m0/s1. The Morgan fingerprint density at radius 2 is 0.953 bits per heavy atom. The fourth-order valence-electron chi connectivity index (χ4n) is 2.79. The van der Waals surface area contributed by atoms with Gasteiger partial charge in [-0.2, -0.15) is 65.9 Å². The zero-order valence-corrected chi connectivity index (χ0v) is 21.5. The molecule has 0 unspecified atom stereocenters. The minimum absolute atomic E-state index is 0.210. The Morgan fingerprint density at radius 3 is 1.35 bits per heavy atom. The lowest BCUT2D eigenvalue weighted by molar-refractivity contribution is -0.542. The summed E-state index contributed by atoms with van der Waals surface area (Å²) in [6, 6.07) is 10.8. The summed E-state index contributed by atoms with van der Waals surface area (Å²) in [6.45, 7) is -0.442. The van der Waals surface area contributed by atoms with Crippen molar-refractivity contribution in [1.29, 1.82) is 0 Å². The van der Waals surface area contributed by atoms with E-state index in [0.29, 0.717) is 16.9 Å². The van der Waals surface area contributed by atoms with Gasteiger partial charge in [0.05, 0.1) is 5.38 Å². The van der Waals surface area contributed by atoms with Crippen molar-refractivity contribution in [3.63, 3.8) is 0 Å². The summed E-state index contributed by atoms with van der Waals surface area (Å²) in [6.07, 6.45) is -35.1. The van der Waals surface area contributed by atoms with Crippen molar-refractivity contribution >= 4 is 11.6 Å². The molecule has 43 heavy (non-hydrogen) atoms. The molecule has 0 N–H and O–H groups in total. The van der Waals surface area contributed by atoms with Crippen molar-refractivity contribution in [2.24, 2.45) is 0 Å². The summed E-state index contributed by atoms with van der Waals surface area (Å²) in [5.41, 5.74) is 1.01. The molecule has 20 heteroatoms. The van der Waals surface area contributed by atoms with Crippen molar-refractivity contribution < 1.29 is 84.8 Å². The van der Waals surface area contributed by atoms with Gasteiger partial charge in [0.15, 0.2) is 6.61 Å². The van der Waals surface area contributed by atoms with Crippen molar-refractivity contribution in [3.8, 4) is 22.6 Å². The van der Waals surface area contributed by atoms with Crippen LogP contribution in [-0.4, -0.2) is 61.0 Å². The number of hydrogen-bond donors (Lipinski definition) is 0. The van der Waals surface area contributed by atoms with E-state index >= 15 is 0 Å². The first-order valence-electron chi connectivity index (χ1n) is 11.1. The quantitative estimate of drug-likeness (QED) is 0.148. The molecule has 0 saturated heterocycles. The Hall–Kier alpha value is -2.80. The number of alkyl halides is 16. The van der Waals surface area contributed by atoms with Crippen LogP contribution in [0.15, 0.2) is 48.5 Å². The second-order valence-electron chi connectivity index (χ2n) is 8.47. The van der Waals surface area contributed by atoms with Crippen LogP contribution in [0.3, 0.4) is 0 Å². The zero-order chi connectivity index (χ0) is 33.3. The van der Waals surface area contributed by atoms with Crippen molar-refractivity contribution in [2.45, 2.75) is 54.8 Å². The molecule has 2 rings (SSSR count). The van der Waals surface area contributed by atoms with Crippen LogP contribution < -0.4 is 9.47 Å². The van der Waals surface area contributed by atoms with Crippen LogP contribution in [0.4, 0.5) is 65.9 Å². The molecule has 0 aromatic heterocycles. The van der Waals surface area contributed by atoms with Crippen LogP contribution in [0, 0.1) is 0 Å². The molecule has 2 aromatic rings. The van der Waals surface area contributed by atoms with E-state index in [4.69, 9.17) is 16.3 Å². The predicted octanol–water partition coefficient (Wildman–Crippen LogP) is 8.98. The topological polar surface area (TPSA) is 36.9 Å². The lowest BCUT2D eigenvalue weighted by Crippen LogP contribution is -2.64. The molecule has 0 aliphatic carbocycles. The number of ether oxygens (including phenoxy) is 4. The van der Waals surface area contributed by atoms with E-state index < -0.39 is 54.8 Å². The first kappa shape index (κ1) is 36.4. The highest BCUT2D eigenvalue weighted by atomic mass is 35.5. The maximum Gasteiger partial charge on any atom is 0.460 e. The number of rotatable bonds is 14. The van der Waals surface area contributed by atoms with Gasteiger partial charge in [-0.3, -0.25) is 0 Å². The molecule has 0 aliphatic heterocycles. The van der Waals surface area contributed by atoms with Gasteiger partial charge in [-0.25, -0.2) is 9.47 Å². The van der Waals surface area contributed by atoms with Gasteiger partial charge in [-0.05, 0) is 42.3 Å². The third kappa shape index (κ3) is 8.43. The molecule has 0 bridgehead atoms.